The minimum Gasteiger partial charge on any atom is -0.469 e. The van der Waals surface area contributed by atoms with E-state index >= 15 is 0 Å². The smallest absolute Gasteiger partial charge is 0.305 e. The molecule has 4 nitrogen and oxygen atoms in total. The number of rotatable bonds is 3. The number of imidazole rings is 1. The highest BCUT2D eigenvalue weighted by molar-refractivity contribution is 5.80. The first-order valence-electron chi connectivity index (χ1n) is 5.61. The number of aromatic nitrogens is 2. The molecule has 0 aliphatic carbocycles. The lowest BCUT2D eigenvalue weighted by atomic mass is 10.1. The molecule has 0 saturated heterocycles. The Hall–Kier alpha value is -1.84. The molecule has 0 radical (unpaired) electrons. The first-order valence-corrected chi connectivity index (χ1v) is 5.61. The van der Waals surface area contributed by atoms with Crippen LogP contribution in [0.1, 0.15) is 17.8 Å². The molecule has 2 rings (SSSR count). The van der Waals surface area contributed by atoms with E-state index in [0.29, 0.717) is 12.8 Å². The number of hydrogen-bond acceptors (Lipinski definition) is 3. The third-order valence-electron chi connectivity index (χ3n) is 3.04. The fourth-order valence-electron chi connectivity index (χ4n) is 1.93. The van der Waals surface area contributed by atoms with Gasteiger partial charge in [0.15, 0.2) is 0 Å². The van der Waals surface area contributed by atoms with Gasteiger partial charge in [0, 0.05) is 13.5 Å². The van der Waals surface area contributed by atoms with Crippen LogP contribution in [-0.2, 0) is 23.0 Å². The summed E-state index contributed by atoms with van der Waals surface area (Å²) in [5, 5.41) is 0. The Labute approximate surface area is 100 Å². The molecule has 0 fully saturated rings. The molecule has 0 aliphatic heterocycles. The number of nitrogens with zero attached hydrogens (tertiary/aromatic N) is 2. The van der Waals surface area contributed by atoms with Crippen molar-refractivity contribution < 1.29 is 9.53 Å². The van der Waals surface area contributed by atoms with Gasteiger partial charge in [-0.3, -0.25) is 4.79 Å². The minimum absolute atomic E-state index is 0.186. The molecule has 0 unspecified atom stereocenters. The van der Waals surface area contributed by atoms with Crippen molar-refractivity contribution in [3.8, 4) is 0 Å². The van der Waals surface area contributed by atoms with Crippen LogP contribution in [0.5, 0.6) is 0 Å². The lowest BCUT2D eigenvalue weighted by Crippen LogP contribution is -2.02. The zero-order valence-electron chi connectivity index (χ0n) is 10.4. The second-order valence-electron chi connectivity index (χ2n) is 4.08. The molecule has 0 bridgehead atoms. The molecule has 1 aromatic heterocycles. The first-order chi connectivity index (χ1) is 8.13. The van der Waals surface area contributed by atoms with Gasteiger partial charge in [0.25, 0.3) is 0 Å². The summed E-state index contributed by atoms with van der Waals surface area (Å²) in [4.78, 5) is 15.7. The monoisotopic (exact) mass is 232 g/mol. The molecular formula is C13H16N2O2. The van der Waals surface area contributed by atoms with E-state index in [1.165, 1.54) is 7.11 Å². The van der Waals surface area contributed by atoms with Crippen LogP contribution in [0.15, 0.2) is 18.2 Å². The summed E-state index contributed by atoms with van der Waals surface area (Å²) in [6, 6.07) is 6.05. The van der Waals surface area contributed by atoms with Crippen LogP contribution in [0, 0.1) is 6.92 Å². The van der Waals surface area contributed by atoms with Crippen LogP contribution in [0.2, 0.25) is 0 Å². The van der Waals surface area contributed by atoms with Gasteiger partial charge >= 0.3 is 5.97 Å². The summed E-state index contributed by atoms with van der Waals surface area (Å²) in [5.74, 6) is 0.792. The van der Waals surface area contributed by atoms with Crippen molar-refractivity contribution in [2.24, 2.45) is 7.05 Å². The summed E-state index contributed by atoms with van der Waals surface area (Å²) in [6.45, 7) is 1.98. The summed E-state index contributed by atoms with van der Waals surface area (Å²) < 4.78 is 6.70. The summed E-state index contributed by atoms with van der Waals surface area (Å²) in [7, 11) is 3.41. The van der Waals surface area contributed by atoms with Crippen molar-refractivity contribution >= 4 is 17.0 Å². The normalized spacial score (nSPS) is 10.8. The quantitative estimate of drug-likeness (QED) is 0.760. The van der Waals surface area contributed by atoms with Gasteiger partial charge in [0.05, 0.1) is 18.1 Å². The van der Waals surface area contributed by atoms with E-state index in [-0.39, 0.29) is 5.97 Å². The van der Waals surface area contributed by atoms with Crippen LogP contribution in [0.25, 0.3) is 11.0 Å². The molecule has 0 N–H and O–H groups in total. The maximum atomic E-state index is 11.1. The highest BCUT2D eigenvalue weighted by atomic mass is 16.5. The SMILES string of the molecule is COC(=O)CCc1cccc2c1nc(C)n2C. The van der Waals surface area contributed by atoms with Gasteiger partial charge in [-0.15, -0.1) is 0 Å². The molecule has 1 aromatic carbocycles. The lowest BCUT2D eigenvalue weighted by Gasteiger charge is -2.02. The Morgan fingerprint density at radius 1 is 1.47 bits per heavy atom. The number of benzene rings is 1. The summed E-state index contributed by atoms with van der Waals surface area (Å²) in [6.07, 6.45) is 1.06. The molecule has 0 aliphatic rings. The van der Waals surface area contributed by atoms with Gasteiger partial charge < -0.3 is 9.30 Å². The molecule has 2 aromatic rings. The van der Waals surface area contributed by atoms with Crippen LogP contribution >= 0.6 is 0 Å². The van der Waals surface area contributed by atoms with Crippen molar-refractivity contribution in [3.63, 3.8) is 0 Å². The summed E-state index contributed by atoms with van der Waals surface area (Å²) >= 11 is 0. The zero-order valence-corrected chi connectivity index (χ0v) is 10.4. The minimum atomic E-state index is -0.186. The van der Waals surface area contributed by atoms with E-state index < -0.39 is 0 Å². The fourth-order valence-corrected chi connectivity index (χ4v) is 1.93. The lowest BCUT2D eigenvalue weighted by molar-refractivity contribution is -0.140. The number of methoxy groups -OCH3 is 1. The van der Waals surface area contributed by atoms with Crippen molar-refractivity contribution in [1.82, 2.24) is 9.55 Å². The number of hydrogen-bond donors (Lipinski definition) is 0. The maximum absolute atomic E-state index is 11.1. The Morgan fingerprint density at radius 3 is 2.94 bits per heavy atom. The highest BCUT2D eigenvalue weighted by Gasteiger charge is 2.09. The third kappa shape index (κ3) is 2.16. The standard InChI is InChI=1S/C13H16N2O2/c1-9-14-13-10(7-8-12(16)17-3)5-4-6-11(13)15(9)2/h4-6H,7-8H2,1-3H3. The molecule has 17 heavy (non-hydrogen) atoms. The molecule has 4 heteroatoms. The van der Waals surface area contributed by atoms with Gasteiger partial charge in [0.2, 0.25) is 0 Å². The van der Waals surface area contributed by atoms with Crippen LogP contribution in [0.3, 0.4) is 0 Å². The second kappa shape index (κ2) is 4.57. The van der Waals surface area contributed by atoms with E-state index in [4.69, 9.17) is 0 Å². The molecule has 0 atom stereocenters. The highest BCUT2D eigenvalue weighted by Crippen LogP contribution is 2.20. The van der Waals surface area contributed by atoms with Crippen LogP contribution in [-0.4, -0.2) is 22.6 Å². The van der Waals surface area contributed by atoms with Crippen molar-refractivity contribution in [2.75, 3.05) is 7.11 Å². The Balaban J connectivity index is 2.34. The molecular weight excluding hydrogens is 216 g/mol. The predicted molar refractivity (Wildman–Crippen MR) is 65.8 cm³/mol. The first kappa shape index (κ1) is 11.6. The number of carbonyl (C=O) groups excluding carboxylic acids is 1. The third-order valence-corrected chi connectivity index (χ3v) is 3.04. The molecule has 90 valence electrons. The van der Waals surface area contributed by atoms with Crippen LogP contribution in [0.4, 0.5) is 0 Å². The average Bonchev–Trinajstić information content (AvgIpc) is 2.63. The second-order valence-corrected chi connectivity index (χ2v) is 4.08. The van der Waals surface area contributed by atoms with E-state index in [1.807, 2.05) is 32.2 Å². The topological polar surface area (TPSA) is 44.1 Å². The largest absolute Gasteiger partial charge is 0.469 e. The fraction of sp³-hybridized carbons (Fsp3) is 0.385. The number of para-hydroxylation sites is 1. The van der Waals surface area contributed by atoms with Gasteiger partial charge in [-0.2, -0.15) is 0 Å². The predicted octanol–water partition coefficient (Wildman–Crippen LogP) is 1.99. The number of carbonyl (C=O) groups is 1. The van der Waals surface area contributed by atoms with E-state index in [1.54, 1.807) is 0 Å². The van der Waals surface area contributed by atoms with Crippen molar-refractivity contribution in [3.05, 3.63) is 29.6 Å². The van der Waals surface area contributed by atoms with Crippen molar-refractivity contribution in [2.45, 2.75) is 19.8 Å². The van der Waals surface area contributed by atoms with E-state index in [0.717, 1.165) is 22.4 Å². The summed E-state index contributed by atoms with van der Waals surface area (Å²) in [5.41, 5.74) is 3.18. The van der Waals surface area contributed by atoms with Crippen molar-refractivity contribution in [1.29, 1.82) is 0 Å². The number of fused-ring (bicyclic) bond motifs is 1. The Kier molecular flexibility index (Phi) is 3.13. The molecule has 0 spiro atoms. The molecule has 0 amide bonds. The molecule has 1 heterocycles. The van der Waals surface area contributed by atoms with Gasteiger partial charge in [-0.25, -0.2) is 4.98 Å². The zero-order chi connectivity index (χ0) is 12.4. The van der Waals surface area contributed by atoms with Crippen LogP contribution < -0.4 is 0 Å². The number of esters is 1. The Bertz CT molecular complexity index is 558. The number of ether oxygens (including phenoxy) is 1. The van der Waals surface area contributed by atoms with Gasteiger partial charge in [-0.1, -0.05) is 12.1 Å². The van der Waals surface area contributed by atoms with Gasteiger partial charge in [0.1, 0.15) is 5.82 Å². The van der Waals surface area contributed by atoms with E-state index in [2.05, 4.69) is 14.3 Å². The average molecular weight is 232 g/mol. The number of aryl methyl sites for hydroxylation is 3. The van der Waals surface area contributed by atoms with E-state index in [9.17, 15) is 4.79 Å². The maximum Gasteiger partial charge on any atom is 0.305 e. The molecule has 0 saturated carbocycles. The van der Waals surface area contributed by atoms with Gasteiger partial charge in [-0.05, 0) is 25.0 Å². The Morgan fingerprint density at radius 2 is 2.24 bits per heavy atom.